The zero-order chi connectivity index (χ0) is 10.6. The summed E-state index contributed by atoms with van der Waals surface area (Å²) >= 11 is 0. The Hall–Kier alpha value is -1.02. The molecular weight excluding hydrogens is 184 g/mol. The molecule has 3 atom stereocenters. The van der Waals surface area contributed by atoms with Gasteiger partial charge in [-0.3, -0.25) is 4.79 Å². The van der Waals surface area contributed by atoms with Gasteiger partial charge in [0.05, 0.1) is 5.97 Å². The van der Waals surface area contributed by atoms with E-state index in [0.717, 1.165) is 0 Å². The van der Waals surface area contributed by atoms with Gasteiger partial charge >= 0.3 is 0 Å². The maximum absolute atomic E-state index is 10.5. The monoisotopic (exact) mass is 193 g/mol. The molecule has 0 aromatic heterocycles. The van der Waals surface area contributed by atoms with E-state index in [-0.39, 0.29) is 0 Å². The Morgan fingerprint density at radius 3 is 1.92 bits per heavy atom. The van der Waals surface area contributed by atoms with Crippen LogP contribution in [-0.2, 0) is 9.59 Å². The van der Waals surface area contributed by atoms with Crippen LogP contribution in [0.25, 0.3) is 0 Å². The van der Waals surface area contributed by atoms with Crippen LogP contribution in [-0.4, -0.2) is 57.1 Å². The highest BCUT2D eigenvalue weighted by atomic mass is 16.4. The van der Waals surface area contributed by atoms with Crippen LogP contribution in [0.1, 0.15) is 0 Å². The van der Waals surface area contributed by atoms with Gasteiger partial charge in [0.15, 0.2) is 5.78 Å². The first-order valence-corrected chi connectivity index (χ1v) is 3.30. The van der Waals surface area contributed by atoms with Gasteiger partial charge in [-0.05, 0) is 0 Å². The number of carbonyl (C=O) groups is 2. The molecule has 0 aromatic carbocycles. The van der Waals surface area contributed by atoms with Gasteiger partial charge in [-0.2, -0.15) is 0 Å². The van der Waals surface area contributed by atoms with Crippen molar-refractivity contribution in [1.29, 1.82) is 0 Å². The summed E-state index contributed by atoms with van der Waals surface area (Å²) in [6.07, 6.45) is -6.71. The number of ketones is 1. The van der Waals surface area contributed by atoms with Crippen LogP contribution in [0.3, 0.4) is 0 Å². The number of carbonyl (C=O) groups excluding carboxylic acids is 2. The van der Waals surface area contributed by atoms with E-state index in [0.29, 0.717) is 0 Å². The van der Waals surface area contributed by atoms with Gasteiger partial charge in [0, 0.05) is 0 Å². The highest BCUT2D eigenvalue weighted by Gasteiger charge is 2.30. The van der Waals surface area contributed by atoms with E-state index < -0.39 is 36.7 Å². The Morgan fingerprint density at radius 1 is 1.15 bits per heavy atom. The Kier molecular flexibility index (Phi) is 4.49. The quantitative estimate of drug-likeness (QED) is 0.344. The number of aliphatic carboxylic acids is 1. The van der Waals surface area contributed by atoms with E-state index in [2.05, 4.69) is 0 Å². The minimum absolute atomic E-state index is 1.06. The maximum Gasteiger partial charge on any atom is 0.189 e. The zero-order valence-corrected chi connectivity index (χ0v) is 6.45. The SMILES string of the molecule is O=C([O-])[C@@H](O)[C@H](O)[C@H](O)C(=O)CO. The maximum atomic E-state index is 10.5. The summed E-state index contributed by atoms with van der Waals surface area (Å²) in [4.78, 5) is 20.4. The molecule has 76 valence electrons. The summed E-state index contributed by atoms with van der Waals surface area (Å²) < 4.78 is 0. The number of aliphatic hydroxyl groups is 4. The molecule has 4 N–H and O–H groups in total. The van der Waals surface area contributed by atoms with Crippen molar-refractivity contribution in [3.05, 3.63) is 0 Å². The summed E-state index contributed by atoms with van der Waals surface area (Å²) in [5.74, 6) is -3.20. The van der Waals surface area contributed by atoms with Crippen molar-refractivity contribution in [3.63, 3.8) is 0 Å². The predicted molar refractivity (Wildman–Crippen MR) is 35.1 cm³/mol. The summed E-state index contributed by atoms with van der Waals surface area (Å²) in [6.45, 7) is -1.06. The summed E-state index contributed by atoms with van der Waals surface area (Å²) in [5.41, 5.74) is 0. The van der Waals surface area contributed by atoms with Crippen molar-refractivity contribution in [2.24, 2.45) is 0 Å². The second-order valence-corrected chi connectivity index (χ2v) is 2.32. The minimum atomic E-state index is -2.37. The molecule has 0 unspecified atom stereocenters. The molecule has 0 aliphatic heterocycles. The smallest absolute Gasteiger partial charge is 0.189 e. The highest BCUT2D eigenvalue weighted by Crippen LogP contribution is 2.00. The first-order valence-electron chi connectivity index (χ1n) is 3.30. The van der Waals surface area contributed by atoms with Crippen LogP contribution in [0.15, 0.2) is 0 Å². The zero-order valence-electron chi connectivity index (χ0n) is 6.45. The summed E-state index contributed by atoms with van der Waals surface area (Å²) in [6, 6.07) is 0. The molecule has 0 amide bonds. The Morgan fingerprint density at radius 2 is 1.62 bits per heavy atom. The molecule has 0 bridgehead atoms. The molecule has 0 rings (SSSR count). The molecule has 0 radical (unpaired) electrons. The van der Waals surface area contributed by atoms with Crippen LogP contribution < -0.4 is 5.11 Å². The molecule has 0 saturated heterocycles. The van der Waals surface area contributed by atoms with E-state index in [1.165, 1.54) is 0 Å². The van der Waals surface area contributed by atoms with Crippen LogP contribution in [0.2, 0.25) is 0 Å². The van der Waals surface area contributed by atoms with Crippen molar-refractivity contribution in [1.82, 2.24) is 0 Å². The number of Topliss-reactive ketones (excluding diaryl/α,β-unsaturated/α-hetero) is 1. The molecule has 0 spiro atoms. The average molecular weight is 193 g/mol. The lowest BCUT2D eigenvalue weighted by molar-refractivity contribution is -0.319. The number of carboxylic acid groups (broad SMARTS) is 1. The van der Waals surface area contributed by atoms with E-state index in [1.54, 1.807) is 0 Å². The lowest BCUT2D eigenvalue weighted by atomic mass is 10.1. The van der Waals surface area contributed by atoms with Gasteiger partial charge in [0.25, 0.3) is 0 Å². The van der Waals surface area contributed by atoms with Crippen LogP contribution in [0.4, 0.5) is 0 Å². The van der Waals surface area contributed by atoms with Gasteiger partial charge in [-0.25, -0.2) is 0 Å². The summed E-state index contributed by atoms with van der Waals surface area (Å²) in [5, 5.41) is 44.4. The van der Waals surface area contributed by atoms with Crippen molar-refractivity contribution >= 4 is 11.8 Å². The molecule has 0 aromatic rings. The number of rotatable bonds is 5. The fraction of sp³-hybridized carbons (Fsp3) is 0.667. The van der Waals surface area contributed by atoms with Crippen molar-refractivity contribution < 1.29 is 35.1 Å². The van der Waals surface area contributed by atoms with Crippen molar-refractivity contribution in [2.75, 3.05) is 6.61 Å². The van der Waals surface area contributed by atoms with Gasteiger partial charge < -0.3 is 30.3 Å². The second kappa shape index (κ2) is 4.87. The van der Waals surface area contributed by atoms with E-state index in [4.69, 9.17) is 20.4 Å². The normalized spacial score (nSPS) is 17.5. The Bertz CT molecular complexity index is 201. The standard InChI is InChI=1S/C6H10O7/c7-1-2(8)3(9)4(10)5(11)6(12)13/h3-5,7,9-11H,1H2,(H,12,13)/p-1/t3-,4-,5+/m1/s1. The largest absolute Gasteiger partial charge is 0.547 e. The fourth-order valence-electron chi connectivity index (χ4n) is 0.596. The third-order valence-corrected chi connectivity index (χ3v) is 1.37. The van der Waals surface area contributed by atoms with Gasteiger partial charge in [-0.1, -0.05) is 0 Å². The molecule has 0 fully saturated rings. The first kappa shape index (κ1) is 12.0. The lowest BCUT2D eigenvalue weighted by Gasteiger charge is -2.21. The highest BCUT2D eigenvalue weighted by molar-refractivity contribution is 5.85. The van der Waals surface area contributed by atoms with Gasteiger partial charge in [0.2, 0.25) is 0 Å². The van der Waals surface area contributed by atoms with Crippen LogP contribution >= 0.6 is 0 Å². The average Bonchev–Trinajstić information content (AvgIpc) is 2.12. The number of hydrogen-bond acceptors (Lipinski definition) is 7. The van der Waals surface area contributed by atoms with Crippen LogP contribution in [0.5, 0.6) is 0 Å². The lowest BCUT2D eigenvalue weighted by Crippen LogP contribution is -2.51. The molecule has 0 aliphatic carbocycles. The van der Waals surface area contributed by atoms with E-state index in [1.807, 2.05) is 0 Å². The van der Waals surface area contributed by atoms with Crippen LogP contribution in [0, 0.1) is 0 Å². The third kappa shape index (κ3) is 3.07. The Labute approximate surface area is 72.9 Å². The number of hydrogen-bond donors (Lipinski definition) is 4. The third-order valence-electron chi connectivity index (χ3n) is 1.37. The van der Waals surface area contributed by atoms with E-state index in [9.17, 15) is 14.7 Å². The topological polar surface area (TPSA) is 138 Å². The minimum Gasteiger partial charge on any atom is -0.547 e. The molecule has 7 nitrogen and oxygen atoms in total. The van der Waals surface area contributed by atoms with E-state index >= 15 is 0 Å². The second-order valence-electron chi connectivity index (χ2n) is 2.32. The van der Waals surface area contributed by atoms with Crippen molar-refractivity contribution in [3.8, 4) is 0 Å². The molecule has 13 heavy (non-hydrogen) atoms. The molecular formula is C6H9O7-. The predicted octanol–water partition coefficient (Wildman–Crippen LogP) is -4.62. The number of carboxylic acids is 1. The molecule has 0 aliphatic rings. The molecule has 7 heteroatoms. The Balaban J connectivity index is 4.32. The number of aliphatic hydroxyl groups excluding tert-OH is 4. The first-order chi connectivity index (χ1) is 5.91. The van der Waals surface area contributed by atoms with Gasteiger partial charge in [-0.15, -0.1) is 0 Å². The van der Waals surface area contributed by atoms with Crippen molar-refractivity contribution in [2.45, 2.75) is 18.3 Å². The summed E-state index contributed by atoms with van der Waals surface area (Å²) in [7, 11) is 0. The molecule has 0 saturated carbocycles. The fourth-order valence-corrected chi connectivity index (χ4v) is 0.596. The molecule has 0 heterocycles. The van der Waals surface area contributed by atoms with Gasteiger partial charge in [0.1, 0.15) is 24.9 Å².